The Morgan fingerprint density at radius 3 is 2.89 bits per heavy atom. The Morgan fingerprint density at radius 2 is 2.21 bits per heavy atom. The van der Waals surface area contributed by atoms with Crippen molar-refractivity contribution in [3.8, 4) is 0 Å². The fraction of sp³-hybridized carbons (Fsp3) is 0.533. The molecule has 1 heterocycles. The largest absolute Gasteiger partial charge is 0.330 e. The molecule has 0 saturated heterocycles. The Balaban J connectivity index is 1.87. The van der Waals surface area contributed by atoms with Gasteiger partial charge in [0.05, 0.1) is 6.42 Å². The predicted octanol–water partition coefficient (Wildman–Crippen LogP) is 1.50. The third-order valence-electron chi connectivity index (χ3n) is 3.78. The van der Waals surface area contributed by atoms with E-state index in [-0.39, 0.29) is 5.91 Å². The van der Waals surface area contributed by atoms with Gasteiger partial charge in [0.15, 0.2) is 0 Å². The van der Waals surface area contributed by atoms with E-state index in [0.29, 0.717) is 24.8 Å². The van der Waals surface area contributed by atoms with E-state index in [4.69, 9.17) is 5.73 Å². The minimum Gasteiger partial charge on any atom is -0.330 e. The second kappa shape index (κ2) is 6.17. The summed E-state index contributed by atoms with van der Waals surface area (Å²) in [7, 11) is 0. The van der Waals surface area contributed by atoms with E-state index in [0.717, 1.165) is 24.3 Å². The summed E-state index contributed by atoms with van der Waals surface area (Å²) in [6.45, 7) is 6.87. The SMILES string of the molecule is CC(C)C(CN)CNCc1ccc2c(c1)CC(=O)N2. The fourth-order valence-corrected chi connectivity index (χ4v) is 2.39. The molecule has 0 aromatic heterocycles. The fourth-order valence-electron chi connectivity index (χ4n) is 2.39. The number of benzene rings is 1. The first-order valence-corrected chi connectivity index (χ1v) is 6.92. The third kappa shape index (κ3) is 3.55. The first-order chi connectivity index (χ1) is 9.10. The number of rotatable bonds is 6. The molecule has 0 saturated carbocycles. The lowest BCUT2D eigenvalue weighted by molar-refractivity contribution is -0.115. The summed E-state index contributed by atoms with van der Waals surface area (Å²) < 4.78 is 0. The van der Waals surface area contributed by atoms with Crippen LogP contribution in [0.3, 0.4) is 0 Å². The van der Waals surface area contributed by atoms with Crippen molar-refractivity contribution >= 4 is 11.6 Å². The second-order valence-corrected chi connectivity index (χ2v) is 5.59. The zero-order valence-corrected chi connectivity index (χ0v) is 11.7. The Kier molecular flexibility index (Phi) is 4.56. The van der Waals surface area contributed by atoms with Crippen LogP contribution < -0.4 is 16.4 Å². The van der Waals surface area contributed by atoms with E-state index in [2.05, 4.69) is 36.6 Å². The van der Waals surface area contributed by atoms with Gasteiger partial charge in [0.1, 0.15) is 0 Å². The molecule has 1 aliphatic heterocycles. The Bertz CT molecular complexity index is 457. The maximum atomic E-state index is 11.3. The van der Waals surface area contributed by atoms with Gasteiger partial charge in [0.2, 0.25) is 5.91 Å². The molecule has 1 unspecified atom stereocenters. The summed E-state index contributed by atoms with van der Waals surface area (Å²) >= 11 is 0. The zero-order valence-electron chi connectivity index (χ0n) is 11.7. The van der Waals surface area contributed by atoms with Crippen molar-refractivity contribution in [3.63, 3.8) is 0 Å². The van der Waals surface area contributed by atoms with Gasteiger partial charge in [0, 0.05) is 12.2 Å². The van der Waals surface area contributed by atoms with Gasteiger partial charge in [-0.3, -0.25) is 4.79 Å². The van der Waals surface area contributed by atoms with Crippen LogP contribution in [0.1, 0.15) is 25.0 Å². The lowest BCUT2D eigenvalue weighted by atomic mass is 9.96. The minimum atomic E-state index is 0.0862. The quantitative estimate of drug-likeness (QED) is 0.727. The number of carbonyl (C=O) groups is 1. The smallest absolute Gasteiger partial charge is 0.228 e. The van der Waals surface area contributed by atoms with Crippen molar-refractivity contribution in [3.05, 3.63) is 29.3 Å². The number of amides is 1. The Labute approximate surface area is 114 Å². The van der Waals surface area contributed by atoms with E-state index >= 15 is 0 Å². The van der Waals surface area contributed by atoms with Crippen LogP contribution in [0.2, 0.25) is 0 Å². The summed E-state index contributed by atoms with van der Waals surface area (Å²) in [5, 5.41) is 6.30. The first kappa shape index (κ1) is 14.0. The molecule has 4 nitrogen and oxygen atoms in total. The normalized spacial score (nSPS) is 15.5. The van der Waals surface area contributed by atoms with Gasteiger partial charge in [-0.15, -0.1) is 0 Å². The van der Waals surface area contributed by atoms with Crippen LogP contribution in [0.15, 0.2) is 18.2 Å². The van der Waals surface area contributed by atoms with Crippen molar-refractivity contribution in [1.29, 1.82) is 0 Å². The number of hydrogen-bond donors (Lipinski definition) is 3. The molecule has 1 aromatic rings. The summed E-state index contributed by atoms with van der Waals surface area (Å²) in [4.78, 5) is 11.3. The molecule has 0 fully saturated rings. The Morgan fingerprint density at radius 1 is 1.42 bits per heavy atom. The molecule has 0 aliphatic carbocycles. The standard InChI is InChI=1S/C15H23N3O/c1-10(2)13(7-16)9-17-8-11-3-4-14-12(5-11)6-15(19)18-14/h3-5,10,13,17H,6-9,16H2,1-2H3,(H,18,19). The molecule has 19 heavy (non-hydrogen) atoms. The molecule has 1 atom stereocenters. The molecule has 104 valence electrons. The average molecular weight is 261 g/mol. The molecule has 1 aliphatic rings. The van der Waals surface area contributed by atoms with E-state index in [1.165, 1.54) is 5.56 Å². The van der Waals surface area contributed by atoms with E-state index in [9.17, 15) is 4.79 Å². The van der Waals surface area contributed by atoms with Gasteiger partial charge in [-0.05, 0) is 42.1 Å². The molecule has 1 amide bonds. The second-order valence-electron chi connectivity index (χ2n) is 5.59. The number of anilines is 1. The topological polar surface area (TPSA) is 67.1 Å². The van der Waals surface area contributed by atoms with E-state index < -0.39 is 0 Å². The molecular weight excluding hydrogens is 238 g/mol. The summed E-state index contributed by atoms with van der Waals surface area (Å²) in [5.74, 6) is 1.19. The molecule has 0 radical (unpaired) electrons. The van der Waals surface area contributed by atoms with Crippen molar-refractivity contribution in [2.24, 2.45) is 17.6 Å². The van der Waals surface area contributed by atoms with E-state index in [1.54, 1.807) is 0 Å². The highest BCUT2D eigenvalue weighted by atomic mass is 16.1. The number of hydrogen-bond acceptors (Lipinski definition) is 3. The van der Waals surface area contributed by atoms with Crippen molar-refractivity contribution in [2.45, 2.75) is 26.8 Å². The summed E-state index contributed by atoms with van der Waals surface area (Å²) in [5.41, 5.74) is 9.03. The van der Waals surface area contributed by atoms with Crippen LogP contribution in [0.4, 0.5) is 5.69 Å². The number of carbonyl (C=O) groups excluding carboxylic acids is 1. The Hall–Kier alpha value is -1.39. The van der Waals surface area contributed by atoms with Crippen LogP contribution in [0.5, 0.6) is 0 Å². The van der Waals surface area contributed by atoms with Gasteiger partial charge in [-0.1, -0.05) is 26.0 Å². The van der Waals surface area contributed by atoms with Crippen molar-refractivity contribution < 1.29 is 4.79 Å². The van der Waals surface area contributed by atoms with Crippen LogP contribution in [0.25, 0.3) is 0 Å². The monoisotopic (exact) mass is 261 g/mol. The maximum Gasteiger partial charge on any atom is 0.228 e. The van der Waals surface area contributed by atoms with Gasteiger partial charge in [-0.2, -0.15) is 0 Å². The molecule has 4 heteroatoms. The van der Waals surface area contributed by atoms with Crippen LogP contribution in [-0.2, 0) is 17.8 Å². The highest BCUT2D eigenvalue weighted by Gasteiger charge is 2.17. The van der Waals surface area contributed by atoms with Gasteiger partial charge < -0.3 is 16.4 Å². The van der Waals surface area contributed by atoms with Gasteiger partial charge in [-0.25, -0.2) is 0 Å². The van der Waals surface area contributed by atoms with Crippen LogP contribution >= 0.6 is 0 Å². The van der Waals surface area contributed by atoms with Crippen molar-refractivity contribution in [1.82, 2.24) is 5.32 Å². The highest BCUT2D eigenvalue weighted by Crippen LogP contribution is 2.23. The lowest BCUT2D eigenvalue weighted by Gasteiger charge is -2.19. The number of nitrogens with two attached hydrogens (primary N) is 1. The molecular formula is C15H23N3O. The summed E-state index contributed by atoms with van der Waals surface area (Å²) in [6, 6.07) is 6.15. The van der Waals surface area contributed by atoms with Crippen molar-refractivity contribution in [2.75, 3.05) is 18.4 Å². The van der Waals surface area contributed by atoms with Crippen LogP contribution in [0, 0.1) is 11.8 Å². The first-order valence-electron chi connectivity index (χ1n) is 6.92. The van der Waals surface area contributed by atoms with Gasteiger partial charge in [0.25, 0.3) is 0 Å². The number of fused-ring (bicyclic) bond motifs is 1. The molecule has 1 aromatic carbocycles. The molecule has 4 N–H and O–H groups in total. The van der Waals surface area contributed by atoms with Crippen LogP contribution in [-0.4, -0.2) is 19.0 Å². The maximum absolute atomic E-state index is 11.3. The molecule has 2 rings (SSSR count). The molecule has 0 bridgehead atoms. The third-order valence-corrected chi connectivity index (χ3v) is 3.78. The minimum absolute atomic E-state index is 0.0862. The average Bonchev–Trinajstić information content (AvgIpc) is 2.73. The molecule has 0 spiro atoms. The van der Waals surface area contributed by atoms with E-state index in [1.807, 2.05) is 6.07 Å². The highest BCUT2D eigenvalue weighted by molar-refractivity contribution is 5.99. The lowest BCUT2D eigenvalue weighted by Crippen LogP contribution is -2.31. The number of nitrogens with one attached hydrogen (secondary N) is 2. The summed E-state index contributed by atoms with van der Waals surface area (Å²) in [6.07, 6.45) is 0.501. The predicted molar refractivity (Wildman–Crippen MR) is 77.9 cm³/mol. The zero-order chi connectivity index (χ0) is 13.8. The van der Waals surface area contributed by atoms with Gasteiger partial charge >= 0.3 is 0 Å².